The third-order valence-electron chi connectivity index (χ3n) is 1.49. The molecule has 0 aliphatic rings. The fraction of sp³-hybridized carbons (Fsp3) is 0.125. The summed E-state index contributed by atoms with van der Waals surface area (Å²) in [5.74, 6) is -3.77. The molecular formula is C8H6F2O3. The lowest BCUT2D eigenvalue weighted by atomic mass is 10.1. The number of carboxylic acids is 1. The molecule has 1 rings (SSSR count). The molecule has 5 heteroatoms. The first-order valence-electron chi connectivity index (χ1n) is 3.38. The van der Waals surface area contributed by atoms with Gasteiger partial charge in [0.2, 0.25) is 0 Å². The van der Waals surface area contributed by atoms with Crippen molar-refractivity contribution in [3.05, 3.63) is 35.4 Å². The van der Waals surface area contributed by atoms with Crippen LogP contribution in [0.15, 0.2) is 18.2 Å². The highest BCUT2D eigenvalue weighted by Crippen LogP contribution is 2.15. The van der Waals surface area contributed by atoms with Gasteiger partial charge in [-0.15, -0.1) is 0 Å². The number of halogens is 2. The summed E-state index contributed by atoms with van der Waals surface area (Å²) in [4.78, 5) is 10.2. The van der Waals surface area contributed by atoms with Gasteiger partial charge in [-0.05, 0) is 17.7 Å². The molecule has 0 unspecified atom stereocenters. The van der Waals surface area contributed by atoms with E-state index in [0.29, 0.717) is 6.07 Å². The van der Waals surface area contributed by atoms with Gasteiger partial charge in [-0.25, -0.2) is 13.6 Å². The second-order valence-electron chi connectivity index (χ2n) is 2.41. The molecule has 0 aromatic heterocycles. The van der Waals surface area contributed by atoms with Crippen molar-refractivity contribution >= 4 is 5.97 Å². The quantitative estimate of drug-likeness (QED) is 0.730. The molecule has 1 aromatic carbocycles. The molecule has 1 aromatic rings. The summed E-state index contributed by atoms with van der Waals surface area (Å²) in [5, 5.41) is 17.3. The number of carboxylic acid groups (broad SMARTS) is 1. The van der Waals surface area contributed by atoms with Gasteiger partial charge in [0.25, 0.3) is 0 Å². The number of carbonyl (C=O) groups is 1. The van der Waals surface area contributed by atoms with Crippen molar-refractivity contribution in [1.82, 2.24) is 0 Å². The Bertz CT molecular complexity index is 338. The van der Waals surface area contributed by atoms with Crippen molar-refractivity contribution in [2.24, 2.45) is 0 Å². The highest BCUT2D eigenvalue weighted by molar-refractivity contribution is 5.73. The summed E-state index contributed by atoms with van der Waals surface area (Å²) in [7, 11) is 0. The summed E-state index contributed by atoms with van der Waals surface area (Å²) in [6.45, 7) is 0. The second-order valence-corrected chi connectivity index (χ2v) is 2.41. The van der Waals surface area contributed by atoms with E-state index in [0.717, 1.165) is 12.1 Å². The summed E-state index contributed by atoms with van der Waals surface area (Å²) >= 11 is 0. The Morgan fingerprint density at radius 2 is 1.92 bits per heavy atom. The molecule has 0 bridgehead atoms. The standard InChI is InChI=1S/C8H6F2O3/c9-5-2-1-4(3-6(5)10)7(11)8(12)13/h1-3,7,11H,(H,12,13)/t7-/m0/s1. The molecule has 0 saturated carbocycles. The molecule has 1 atom stereocenters. The number of hydrogen-bond acceptors (Lipinski definition) is 2. The zero-order valence-corrected chi connectivity index (χ0v) is 6.37. The minimum Gasteiger partial charge on any atom is -0.479 e. The fourth-order valence-corrected chi connectivity index (χ4v) is 0.825. The van der Waals surface area contributed by atoms with Crippen LogP contribution in [0.4, 0.5) is 8.78 Å². The predicted molar refractivity (Wildman–Crippen MR) is 39.0 cm³/mol. The van der Waals surface area contributed by atoms with Gasteiger partial charge in [0.1, 0.15) is 0 Å². The minimum absolute atomic E-state index is 0.189. The first-order chi connectivity index (χ1) is 6.02. The molecule has 0 radical (unpaired) electrons. The third kappa shape index (κ3) is 2.00. The smallest absolute Gasteiger partial charge is 0.337 e. The minimum atomic E-state index is -1.82. The van der Waals surface area contributed by atoms with Crippen LogP contribution in [0.5, 0.6) is 0 Å². The number of benzene rings is 1. The maximum absolute atomic E-state index is 12.5. The third-order valence-corrected chi connectivity index (χ3v) is 1.49. The van der Waals surface area contributed by atoms with Gasteiger partial charge in [-0.2, -0.15) is 0 Å². The van der Waals surface area contributed by atoms with Crippen molar-refractivity contribution < 1.29 is 23.8 Å². The van der Waals surface area contributed by atoms with Crippen molar-refractivity contribution in [3.63, 3.8) is 0 Å². The van der Waals surface area contributed by atoms with Gasteiger partial charge >= 0.3 is 5.97 Å². The molecule has 0 heterocycles. The van der Waals surface area contributed by atoms with Gasteiger partial charge in [0.15, 0.2) is 17.7 Å². The maximum Gasteiger partial charge on any atom is 0.337 e. The van der Waals surface area contributed by atoms with E-state index in [2.05, 4.69) is 0 Å². The first kappa shape index (κ1) is 9.60. The van der Waals surface area contributed by atoms with E-state index in [-0.39, 0.29) is 5.56 Å². The zero-order valence-electron chi connectivity index (χ0n) is 6.37. The second kappa shape index (κ2) is 3.49. The molecule has 3 nitrogen and oxygen atoms in total. The van der Waals surface area contributed by atoms with Crippen LogP contribution in [0, 0.1) is 11.6 Å². The SMILES string of the molecule is O=C(O)[C@@H](O)c1ccc(F)c(F)c1. The average molecular weight is 188 g/mol. The van der Waals surface area contributed by atoms with Crippen LogP contribution in [-0.2, 0) is 4.79 Å². The molecule has 0 fully saturated rings. The number of rotatable bonds is 2. The molecule has 2 N–H and O–H groups in total. The summed E-state index contributed by atoms with van der Waals surface area (Å²) in [5.41, 5.74) is -0.189. The van der Waals surface area contributed by atoms with Gasteiger partial charge in [0.05, 0.1) is 0 Å². The Kier molecular flexibility index (Phi) is 2.57. The summed E-state index contributed by atoms with van der Waals surface area (Å²) in [6, 6.07) is 2.42. The molecule has 13 heavy (non-hydrogen) atoms. The van der Waals surface area contributed by atoms with E-state index in [1.807, 2.05) is 0 Å². The number of aliphatic hydroxyl groups is 1. The van der Waals surface area contributed by atoms with E-state index in [9.17, 15) is 13.6 Å². The van der Waals surface area contributed by atoms with Crippen molar-refractivity contribution in [2.45, 2.75) is 6.10 Å². The van der Waals surface area contributed by atoms with E-state index in [1.54, 1.807) is 0 Å². The van der Waals surface area contributed by atoms with Crippen LogP contribution >= 0.6 is 0 Å². The Morgan fingerprint density at radius 3 is 2.38 bits per heavy atom. The van der Waals surface area contributed by atoms with Crippen LogP contribution in [-0.4, -0.2) is 16.2 Å². The molecule has 0 spiro atoms. The van der Waals surface area contributed by atoms with Crippen LogP contribution in [0.2, 0.25) is 0 Å². The lowest BCUT2D eigenvalue weighted by Gasteiger charge is -2.05. The van der Waals surface area contributed by atoms with E-state index < -0.39 is 23.7 Å². The highest BCUT2D eigenvalue weighted by Gasteiger charge is 2.17. The van der Waals surface area contributed by atoms with E-state index in [4.69, 9.17) is 10.2 Å². The van der Waals surface area contributed by atoms with Crippen LogP contribution in [0.25, 0.3) is 0 Å². The number of hydrogen-bond donors (Lipinski definition) is 2. The highest BCUT2D eigenvalue weighted by atomic mass is 19.2. The normalized spacial score (nSPS) is 12.5. The van der Waals surface area contributed by atoms with E-state index >= 15 is 0 Å². The lowest BCUT2D eigenvalue weighted by molar-refractivity contribution is -0.146. The van der Waals surface area contributed by atoms with Crippen molar-refractivity contribution in [1.29, 1.82) is 0 Å². The number of aliphatic hydroxyl groups excluding tert-OH is 1. The maximum atomic E-state index is 12.5. The topological polar surface area (TPSA) is 57.5 Å². The van der Waals surface area contributed by atoms with Gasteiger partial charge in [0, 0.05) is 0 Å². The Morgan fingerprint density at radius 1 is 1.31 bits per heavy atom. The fourth-order valence-electron chi connectivity index (χ4n) is 0.825. The monoisotopic (exact) mass is 188 g/mol. The first-order valence-corrected chi connectivity index (χ1v) is 3.38. The van der Waals surface area contributed by atoms with Gasteiger partial charge in [-0.1, -0.05) is 6.07 Å². The van der Waals surface area contributed by atoms with Crippen molar-refractivity contribution in [2.75, 3.05) is 0 Å². The molecular weight excluding hydrogens is 182 g/mol. The Balaban J connectivity index is 3.03. The van der Waals surface area contributed by atoms with Crippen LogP contribution in [0.3, 0.4) is 0 Å². The van der Waals surface area contributed by atoms with Crippen molar-refractivity contribution in [3.8, 4) is 0 Å². The van der Waals surface area contributed by atoms with Crippen LogP contribution in [0.1, 0.15) is 11.7 Å². The lowest BCUT2D eigenvalue weighted by Crippen LogP contribution is -2.10. The molecule has 0 amide bonds. The molecule has 0 aliphatic heterocycles. The molecule has 0 aliphatic carbocycles. The summed E-state index contributed by atoms with van der Waals surface area (Å²) < 4.78 is 24.9. The Hall–Kier alpha value is -1.49. The largest absolute Gasteiger partial charge is 0.479 e. The zero-order chi connectivity index (χ0) is 10.0. The number of aliphatic carboxylic acids is 1. The predicted octanol–water partition coefficient (Wildman–Crippen LogP) is 1.08. The van der Waals surface area contributed by atoms with Gasteiger partial charge in [-0.3, -0.25) is 0 Å². The van der Waals surface area contributed by atoms with E-state index in [1.165, 1.54) is 0 Å². The van der Waals surface area contributed by atoms with Gasteiger partial charge < -0.3 is 10.2 Å². The molecule has 0 saturated heterocycles. The van der Waals surface area contributed by atoms with Crippen LogP contribution < -0.4 is 0 Å². The molecule has 70 valence electrons. The average Bonchev–Trinajstić information content (AvgIpc) is 2.08. The Labute approximate surface area is 72.2 Å². The summed E-state index contributed by atoms with van der Waals surface area (Å²) in [6.07, 6.45) is -1.82.